The average Bonchev–Trinajstić information content (AvgIpc) is 1.27. The Morgan fingerprint density at radius 1 is 1.86 bits per heavy atom. The summed E-state index contributed by atoms with van der Waals surface area (Å²) in [5.74, 6) is 0. The third-order valence-electron chi connectivity index (χ3n) is 0.283. The number of rotatable bonds is 0. The summed E-state index contributed by atoms with van der Waals surface area (Å²) in [4.78, 5) is 9.88. The van der Waals surface area contributed by atoms with Gasteiger partial charge in [-0.15, -0.1) is 0 Å². The molecule has 0 fully saturated rings. The van der Waals surface area contributed by atoms with E-state index in [1.54, 1.807) is 0 Å². The van der Waals surface area contributed by atoms with Crippen LogP contribution >= 0.6 is 12.2 Å². The third-order valence-corrected chi connectivity index (χ3v) is 0.385. The monoisotopic (exact) mass is 119 g/mol. The molecule has 0 saturated heterocycles. The molecule has 0 rings (SSSR count). The molecule has 0 aliphatic carbocycles. The van der Waals surface area contributed by atoms with E-state index in [2.05, 4.69) is 12.2 Å². The zero-order valence-electron chi connectivity index (χ0n) is 3.76. The lowest BCUT2D eigenvalue weighted by atomic mass is 10.7. The molecule has 0 aromatic carbocycles. The van der Waals surface area contributed by atoms with Gasteiger partial charge in [0.15, 0.2) is 0 Å². The number of thiocarbonyl (C=S) groups is 1. The molecule has 0 heterocycles. The Morgan fingerprint density at radius 3 is 2.29 bits per heavy atom. The van der Waals surface area contributed by atoms with Gasteiger partial charge in [-0.1, -0.05) is 12.2 Å². The summed E-state index contributed by atoms with van der Waals surface area (Å²) in [7, 11) is 0. The van der Waals surface area contributed by atoms with Crippen LogP contribution in [0, 0.1) is 0 Å². The van der Waals surface area contributed by atoms with Gasteiger partial charge < -0.3 is 5.11 Å². The minimum atomic E-state index is -1.10. The zero-order valence-corrected chi connectivity index (χ0v) is 4.58. The summed E-state index contributed by atoms with van der Waals surface area (Å²) in [5.41, 5.74) is 0. The van der Waals surface area contributed by atoms with Crippen LogP contribution in [-0.2, 0) is 0 Å². The van der Waals surface area contributed by atoms with E-state index in [-0.39, 0.29) is 4.99 Å². The van der Waals surface area contributed by atoms with Crippen molar-refractivity contribution < 1.29 is 9.90 Å². The van der Waals surface area contributed by atoms with Crippen LogP contribution in [0.1, 0.15) is 6.92 Å². The first-order valence-corrected chi connectivity index (χ1v) is 2.04. The van der Waals surface area contributed by atoms with Crippen molar-refractivity contribution >= 4 is 23.3 Å². The molecule has 0 aromatic heterocycles. The summed E-state index contributed by atoms with van der Waals surface area (Å²) in [6.07, 6.45) is -1.10. The van der Waals surface area contributed by atoms with Crippen molar-refractivity contribution in [2.75, 3.05) is 0 Å². The molecule has 0 aliphatic heterocycles. The molecule has 7 heavy (non-hydrogen) atoms. The van der Waals surface area contributed by atoms with E-state index in [1.165, 1.54) is 6.92 Å². The Bertz CT molecular complexity index is 89.1. The van der Waals surface area contributed by atoms with E-state index in [0.29, 0.717) is 0 Å². The van der Waals surface area contributed by atoms with Crippen LogP contribution in [0.15, 0.2) is 0 Å². The Hall–Kier alpha value is -0.640. The van der Waals surface area contributed by atoms with Crippen molar-refractivity contribution in [3.05, 3.63) is 0 Å². The summed E-state index contributed by atoms with van der Waals surface area (Å²) < 4.78 is 0. The molecule has 1 amide bonds. The Balaban J connectivity index is 3.32. The highest BCUT2D eigenvalue weighted by atomic mass is 32.1. The van der Waals surface area contributed by atoms with Crippen molar-refractivity contribution in [2.24, 2.45) is 0 Å². The molecule has 0 saturated carbocycles. The van der Waals surface area contributed by atoms with Crippen molar-refractivity contribution in [3.8, 4) is 0 Å². The first-order valence-electron chi connectivity index (χ1n) is 1.63. The van der Waals surface area contributed by atoms with Gasteiger partial charge in [-0.05, 0) is 6.92 Å². The standard InChI is InChI=1S/C3H5NO2S/c1-2(7)4-3(5)6/h1H3,(H,4,7)(H,5,6). The van der Waals surface area contributed by atoms with Crippen molar-refractivity contribution in [2.45, 2.75) is 6.92 Å². The molecule has 3 nitrogen and oxygen atoms in total. The first kappa shape index (κ1) is 6.36. The summed E-state index contributed by atoms with van der Waals surface area (Å²) in [6.45, 7) is 1.50. The lowest BCUT2D eigenvalue weighted by Gasteiger charge is -1.90. The average molecular weight is 119 g/mol. The van der Waals surface area contributed by atoms with Crippen LogP contribution in [-0.4, -0.2) is 16.2 Å². The Morgan fingerprint density at radius 2 is 2.29 bits per heavy atom. The SMILES string of the molecule is CC(=S)NC(=O)O. The van der Waals surface area contributed by atoms with Gasteiger partial charge in [0.2, 0.25) is 0 Å². The van der Waals surface area contributed by atoms with Crippen LogP contribution in [0.25, 0.3) is 0 Å². The van der Waals surface area contributed by atoms with E-state index in [1.807, 2.05) is 5.32 Å². The van der Waals surface area contributed by atoms with E-state index >= 15 is 0 Å². The van der Waals surface area contributed by atoms with Crippen LogP contribution in [0.3, 0.4) is 0 Å². The van der Waals surface area contributed by atoms with Gasteiger partial charge in [0.05, 0.1) is 4.99 Å². The van der Waals surface area contributed by atoms with Crippen molar-refractivity contribution in [3.63, 3.8) is 0 Å². The lowest BCUT2D eigenvalue weighted by molar-refractivity contribution is 0.200. The van der Waals surface area contributed by atoms with Crippen LogP contribution in [0.5, 0.6) is 0 Å². The van der Waals surface area contributed by atoms with Gasteiger partial charge in [-0.3, -0.25) is 5.32 Å². The fraction of sp³-hybridized carbons (Fsp3) is 0.333. The number of carboxylic acid groups (broad SMARTS) is 1. The Labute approximate surface area is 46.3 Å². The molecule has 2 N–H and O–H groups in total. The van der Waals surface area contributed by atoms with Gasteiger partial charge in [0.1, 0.15) is 0 Å². The number of nitrogens with one attached hydrogen (secondary N) is 1. The minimum absolute atomic E-state index is 0.271. The maximum Gasteiger partial charge on any atom is 0.409 e. The second kappa shape index (κ2) is 2.52. The maximum atomic E-state index is 9.61. The molecule has 0 aromatic rings. The Kier molecular flexibility index (Phi) is 2.29. The lowest BCUT2D eigenvalue weighted by Crippen LogP contribution is -2.24. The van der Waals surface area contributed by atoms with Gasteiger partial charge in [0.25, 0.3) is 0 Å². The molecule has 0 radical (unpaired) electrons. The second-order valence-corrected chi connectivity index (χ2v) is 1.60. The quantitative estimate of drug-likeness (QED) is 0.459. The van der Waals surface area contributed by atoms with Crippen molar-refractivity contribution in [1.29, 1.82) is 0 Å². The predicted molar refractivity (Wildman–Crippen MR) is 29.4 cm³/mol. The van der Waals surface area contributed by atoms with Crippen molar-refractivity contribution in [1.82, 2.24) is 5.32 Å². The minimum Gasteiger partial charge on any atom is -0.465 e. The third kappa shape index (κ3) is 5.36. The highest BCUT2D eigenvalue weighted by Crippen LogP contribution is 1.65. The van der Waals surface area contributed by atoms with Crippen LogP contribution in [0.2, 0.25) is 0 Å². The molecule has 0 unspecified atom stereocenters. The maximum absolute atomic E-state index is 9.61. The van der Waals surface area contributed by atoms with Gasteiger partial charge >= 0.3 is 6.09 Å². The van der Waals surface area contributed by atoms with Gasteiger partial charge in [-0.25, -0.2) is 4.79 Å². The molecule has 0 atom stereocenters. The predicted octanol–water partition coefficient (Wildman–Crippen LogP) is 0.601. The second-order valence-electron chi connectivity index (χ2n) is 0.986. The van der Waals surface area contributed by atoms with Crippen LogP contribution in [0.4, 0.5) is 4.79 Å². The first-order chi connectivity index (χ1) is 3.13. The molecular formula is C3H5NO2S. The van der Waals surface area contributed by atoms with E-state index in [4.69, 9.17) is 5.11 Å². The van der Waals surface area contributed by atoms with E-state index in [0.717, 1.165) is 0 Å². The number of hydrogen-bond acceptors (Lipinski definition) is 2. The molecule has 0 spiro atoms. The fourth-order valence-corrected chi connectivity index (χ4v) is 0.238. The number of hydrogen-bond donors (Lipinski definition) is 2. The molecule has 4 heteroatoms. The number of carbonyl (C=O) groups is 1. The van der Waals surface area contributed by atoms with E-state index in [9.17, 15) is 4.79 Å². The molecule has 40 valence electrons. The smallest absolute Gasteiger partial charge is 0.409 e. The normalized spacial score (nSPS) is 7.57. The fourth-order valence-electron chi connectivity index (χ4n) is 0.151. The zero-order chi connectivity index (χ0) is 5.86. The summed E-state index contributed by atoms with van der Waals surface area (Å²) >= 11 is 4.38. The van der Waals surface area contributed by atoms with Gasteiger partial charge in [0, 0.05) is 0 Å². The molecule has 0 bridgehead atoms. The van der Waals surface area contributed by atoms with Gasteiger partial charge in [-0.2, -0.15) is 0 Å². The number of amides is 1. The highest BCUT2D eigenvalue weighted by Gasteiger charge is 1.90. The molecule has 0 aliphatic rings. The van der Waals surface area contributed by atoms with E-state index < -0.39 is 6.09 Å². The van der Waals surface area contributed by atoms with Crippen LogP contribution < -0.4 is 5.32 Å². The summed E-state index contributed by atoms with van der Waals surface area (Å²) in [5, 5.41) is 9.84. The summed E-state index contributed by atoms with van der Waals surface area (Å²) in [6, 6.07) is 0. The largest absolute Gasteiger partial charge is 0.465 e. The highest BCUT2D eigenvalue weighted by molar-refractivity contribution is 7.80. The molecular weight excluding hydrogens is 114 g/mol. The topological polar surface area (TPSA) is 49.3 Å².